The summed E-state index contributed by atoms with van der Waals surface area (Å²) in [6.45, 7) is 4.95. The van der Waals surface area contributed by atoms with Gasteiger partial charge in [0.05, 0.1) is 0 Å². The molecule has 1 aliphatic carbocycles. The second-order valence-corrected chi connectivity index (χ2v) is 5.59. The fraction of sp³-hybridized carbons (Fsp3) is 0.533. The summed E-state index contributed by atoms with van der Waals surface area (Å²) in [6.07, 6.45) is 1.79. The van der Waals surface area contributed by atoms with Crippen LogP contribution in [-0.2, 0) is 0 Å². The zero-order valence-electron chi connectivity index (χ0n) is 11.3. The Morgan fingerprint density at radius 3 is 2.47 bits per heavy atom. The molecule has 0 spiro atoms. The highest BCUT2D eigenvalue weighted by Gasteiger charge is 2.29. The SMILES string of the molecule is Cc1ccc(N2CCN(C(=O)O)CC2)c(C2CC2)c1. The minimum absolute atomic E-state index is 0.604. The molecule has 1 saturated heterocycles. The number of carbonyl (C=O) groups is 1. The van der Waals surface area contributed by atoms with Crippen molar-refractivity contribution in [2.75, 3.05) is 31.1 Å². The Kier molecular flexibility index (Phi) is 3.09. The van der Waals surface area contributed by atoms with Crippen molar-refractivity contribution in [3.05, 3.63) is 29.3 Å². The first kappa shape index (κ1) is 12.3. The summed E-state index contributed by atoms with van der Waals surface area (Å²) in [6, 6.07) is 6.67. The largest absolute Gasteiger partial charge is 0.465 e. The average Bonchev–Trinajstić information content (AvgIpc) is 3.23. The maximum absolute atomic E-state index is 10.9. The monoisotopic (exact) mass is 260 g/mol. The highest BCUT2D eigenvalue weighted by molar-refractivity contribution is 5.66. The molecule has 102 valence electrons. The molecule has 1 aliphatic heterocycles. The van der Waals surface area contributed by atoms with Crippen LogP contribution in [0.25, 0.3) is 0 Å². The van der Waals surface area contributed by atoms with Crippen LogP contribution in [0.15, 0.2) is 18.2 Å². The molecular formula is C15H20N2O2. The molecule has 1 N–H and O–H groups in total. The normalized spacial score (nSPS) is 19.6. The third-order valence-electron chi connectivity index (χ3n) is 4.09. The molecule has 1 saturated carbocycles. The number of nitrogens with zero attached hydrogens (tertiary/aromatic N) is 2. The van der Waals surface area contributed by atoms with Gasteiger partial charge in [-0.3, -0.25) is 0 Å². The number of piperazine rings is 1. The molecule has 1 amide bonds. The van der Waals surface area contributed by atoms with Crippen LogP contribution in [0.1, 0.15) is 29.9 Å². The van der Waals surface area contributed by atoms with Crippen LogP contribution in [0.5, 0.6) is 0 Å². The summed E-state index contributed by atoms with van der Waals surface area (Å²) in [7, 11) is 0. The fourth-order valence-corrected chi connectivity index (χ4v) is 2.82. The molecule has 2 fully saturated rings. The van der Waals surface area contributed by atoms with Crippen LogP contribution in [0, 0.1) is 6.92 Å². The molecule has 1 aromatic rings. The third-order valence-corrected chi connectivity index (χ3v) is 4.09. The summed E-state index contributed by atoms with van der Waals surface area (Å²) in [5.41, 5.74) is 4.09. The van der Waals surface area contributed by atoms with Crippen molar-refractivity contribution in [3.63, 3.8) is 0 Å². The van der Waals surface area contributed by atoms with Crippen LogP contribution in [0.3, 0.4) is 0 Å². The van der Waals surface area contributed by atoms with E-state index in [0.29, 0.717) is 13.1 Å². The van der Waals surface area contributed by atoms with E-state index in [-0.39, 0.29) is 0 Å². The molecule has 0 unspecified atom stereocenters. The molecule has 2 aliphatic rings. The lowest BCUT2D eigenvalue weighted by atomic mass is 10.0. The lowest BCUT2D eigenvalue weighted by molar-refractivity contribution is 0.142. The van der Waals surface area contributed by atoms with Gasteiger partial charge in [0, 0.05) is 31.9 Å². The van der Waals surface area contributed by atoms with Crippen molar-refractivity contribution >= 4 is 11.8 Å². The van der Waals surface area contributed by atoms with Gasteiger partial charge in [-0.05, 0) is 37.3 Å². The van der Waals surface area contributed by atoms with Crippen molar-refractivity contribution in [1.82, 2.24) is 4.90 Å². The van der Waals surface area contributed by atoms with Gasteiger partial charge < -0.3 is 14.9 Å². The van der Waals surface area contributed by atoms with Gasteiger partial charge in [0.15, 0.2) is 0 Å². The second-order valence-electron chi connectivity index (χ2n) is 5.59. The molecule has 4 heteroatoms. The van der Waals surface area contributed by atoms with Crippen molar-refractivity contribution < 1.29 is 9.90 Å². The summed E-state index contributed by atoms with van der Waals surface area (Å²) in [5, 5.41) is 8.99. The topological polar surface area (TPSA) is 43.8 Å². The number of aryl methyl sites for hydroxylation is 1. The molecule has 0 radical (unpaired) electrons. The van der Waals surface area contributed by atoms with E-state index in [2.05, 4.69) is 30.0 Å². The Morgan fingerprint density at radius 2 is 1.89 bits per heavy atom. The summed E-state index contributed by atoms with van der Waals surface area (Å²) < 4.78 is 0. The fourth-order valence-electron chi connectivity index (χ4n) is 2.82. The smallest absolute Gasteiger partial charge is 0.407 e. The average molecular weight is 260 g/mol. The van der Waals surface area contributed by atoms with E-state index in [1.54, 1.807) is 0 Å². The van der Waals surface area contributed by atoms with E-state index in [0.717, 1.165) is 19.0 Å². The van der Waals surface area contributed by atoms with E-state index >= 15 is 0 Å². The van der Waals surface area contributed by atoms with E-state index in [4.69, 9.17) is 5.11 Å². The number of rotatable bonds is 2. The molecule has 1 aromatic carbocycles. The number of anilines is 1. The number of hydrogen-bond acceptors (Lipinski definition) is 2. The van der Waals surface area contributed by atoms with Crippen molar-refractivity contribution in [3.8, 4) is 0 Å². The molecule has 4 nitrogen and oxygen atoms in total. The lowest BCUT2D eigenvalue weighted by Gasteiger charge is -2.35. The van der Waals surface area contributed by atoms with E-state index in [1.165, 1.54) is 34.6 Å². The first-order valence-electron chi connectivity index (χ1n) is 6.98. The molecule has 0 bridgehead atoms. The van der Waals surface area contributed by atoms with Gasteiger partial charge in [-0.15, -0.1) is 0 Å². The van der Waals surface area contributed by atoms with Gasteiger partial charge >= 0.3 is 6.09 Å². The number of hydrogen-bond donors (Lipinski definition) is 1. The third kappa shape index (κ3) is 2.53. The molecule has 0 atom stereocenters. The predicted octanol–water partition coefficient (Wildman–Crippen LogP) is 2.67. The Balaban J connectivity index is 1.78. The van der Waals surface area contributed by atoms with Crippen molar-refractivity contribution in [2.45, 2.75) is 25.7 Å². The Bertz CT molecular complexity index is 489. The Hall–Kier alpha value is -1.71. The highest BCUT2D eigenvalue weighted by atomic mass is 16.4. The zero-order chi connectivity index (χ0) is 13.4. The van der Waals surface area contributed by atoms with Crippen LogP contribution >= 0.6 is 0 Å². The van der Waals surface area contributed by atoms with Crippen molar-refractivity contribution in [1.29, 1.82) is 0 Å². The van der Waals surface area contributed by atoms with Gasteiger partial charge in [0.1, 0.15) is 0 Å². The second kappa shape index (κ2) is 4.76. The first-order chi connectivity index (χ1) is 9.15. The van der Waals surface area contributed by atoms with Gasteiger partial charge in [-0.1, -0.05) is 17.7 Å². The molecule has 3 rings (SSSR count). The zero-order valence-corrected chi connectivity index (χ0v) is 11.3. The van der Waals surface area contributed by atoms with Gasteiger partial charge in [0.2, 0.25) is 0 Å². The van der Waals surface area contributed by atoms with Gasteiger partial charge in [-0.25, -0.2) is 4.79 Å². The minimum atomic E-state index is -0.800. The predicted molar refractivity (Wildman–Crippen MR) is 75.0 cm³/mol. The van der Waals surface area contributed by atoms with E-state index in [9.17, 15) is 4.79 Å². The molecule has 19 heavy (non-hydrogen) atoms. The van der Waals surface area contributed by atoms with Crippen molar-refractivity contribution in [2.24, 2.45) is 0 Å². The van der Waals surface area contributed by atoms with Crippen LogP contribution in [0.2, 0.25) is 0 Å². The number of carboxylic acid groups (broad SMARTS) is 1. The first-order valence-corrected chi connectivity index (χ1v) is 6.98. The standard InChI is InChI=1S/C15H20N2O2/c1-11-2-5-14(13(10-11)12-3-4-12)16-6-8-17(9-7-16)15(18)19/h2,5,10,12H,3-4,6-9H2,1H3,(H,18,19). The Morgan fingerprint density at radius 1 is 1.21 bits per heavy atom. The van der Waals surface area contributed by atoms with Crippen LogP contribution < -0.4 is 4.90 Å². The van der Waals surface area contributed by atoms with Gasteiger partial charge in [0.25, 0.3) is 0 Å². The highest BCUT2D eigenvalue weighted by Crippen LogP contribution is 2.44. The molecular weight excluding hydrogens is 240 g/mol. The van der Waals surface area contributed by atoms with E-state index < -0.39 is 6.09 Å². The summed E-state index contributed by atoms with van der Waals surface area (Å²) >= 11 is 0. The quantitative estimate of drug-likeness (QED) is 0.889. The summed E-state index contributed by atoms with van der Waals surface area (Å²) in [5.74, 6) is 0.729. The van der Waals surface area contributed by atoms with E-state index in [1.807, 2.05) is 0 Å². The summed E-state index contributed by atoms with van der Waals surface area (Å²) in [4.78, 5) is 14.8. The van der Waals surface area contributed by atoms with Crippen LogP contribution in [-0.4, -0.2) is 42.3 Å². The number of amides is 1. The molecule has 1 heterocycles. The maximum atomic E-state index is 10.9. The number of benzene rings is 1. The lowest BCUT2D eigenvalue weighted by Crippen LogP contribution is -2.48. The Labute approximate surface area is 113 Å². The maximum Gasteiger partial charge on any atom is 0.407 e. The van der Waals surface area contributed by atoms with Crippen LogP contribution in [0.4, 0.5) is 10.5 Å². The van der Waals surface area contributed by atoms with Gasteiger partial charge in [-0.2, -0.15) is 0 Å². The minimum Gasteiger partial charge on any atom is -0.465 e. The molecule has 0 aromatic heterocycles.